The van der Waals surface area contributed by atoms with Crippen LogP contribution < -0.4 is 10.5 Å². The molecule has 0 aromatic carbocycles. The fraction of sp³-hybridized carbons (Fsp3) is 0.833. The summed E-state index contributed by atoms with van der Waals surface area (Å²) in [6, 6.07) is -0.625. The summed E-state index contributed by atoms with van der Waals surface area (Å²) in [5.74, 6) is -0.300. The van der Waals surface area contributed by atoms with Crippen molar-refractivity contribution >= 4 is 16.1 Å². The lowest BCUT2D eigenvalue weighted by atomic mass is 10.2. The Hall–Kier alpha value is -0.660. The average Bonchev–Trinajstić information content (AvgIpc) is 2.49. The largest absolute Gasteiger partial charge is 0.358 e. The highest BCUT2D eigenvalue weighted by molar-refractivity contribution is 7.86. The molecule has 76 valence electrons. The quantitative estimate of drug-likeness (QED) is 0.571. The van der Waals surface area contributed by atoms with Gasteiger partial charge >= 0.3 is 0 Å². The van der Waals surface area contributed by atoms with Gasteiger partial charge in [0.25, 0.3) is 10.2 Å². The third-order valence-electron chi connectivity index (χ3n) is 2.08. The second-order valence-electron chi connectivity index (χ2n) is 2.93. The summed E-state index contributed by atoms with van der Waals surface area (Å²) in [7, 11) is -2.26. The van der Waals surface area contributed by atoms with Gasteiger partial charge in [0, 0.05) is 13.6 Å². The van der Waals surface area contributed by atoms with Gasteiger partial charge in [0.2, 0.25) is 5.91 Å². The van der Waals surface area contributed by atoms with Gasteiger partial charge in [-0.25, -0.2) is 5.14 Å². The predicted molar refractivity (Wildman–Crippen MR) is 46.9 cm³/mol. The number of hydrogen-bond acceptors (Lipinski definition) is 3. The van der Waals surface area contributed by atoms with E-state index in [1.165, 1.54) is 7.05 Å². The Bertz CT molecular complexity index is 300. The van der Waals surface area contributed by atoms with Gasteiger partial charge in [0.1, 0.15) is 6.04 Å². The molecular formula is C6H13N3O3S. The number of amides is 1. The predicted octanol–water partition coefficient (Wildman–Crippen LogP) is -1.60. The Morgan fingerprint density at radius 3 is 2.69 bits per heavy atom. The summed E-state index contributed by atoms with van der Waals surface area (Å²) in [5.41, 5.74) is 0. The summed E-state index contributed by atoms with van der Waals surface area (Å²) >= 11 is 0. The van der Waals surface area contributed by atoms with Crippen molar-refractivity contribution in [3.8, 4) is 0 Å². The fourth-order valence-electron chi connectivity index (χ4n) is 1.47. The highest BCUT2D eigenvalue weighted by atomic mass is 32.2. The number of nitrogens with one attached hydrogen (secondary N) is 1. The van der Waals surface area contributed by atoms with E-state index in [-0.39, 0.29) is 5.91 Å². The minimum atomic E-state index is -3.73. The van der Waals surface area contributed by atoms with Gasteiger partial charge in [0.05, 0.1) is 0 Å². The topological polar surface area (TPSA) is 92.5 Å². The van der Waals surface area contributed by atoms with Crippen molar-refractivity contribution in [3.63, 3.8) is 0 Å². The van der Waals surface area contributed by atoms with Crippen LogP contribution in [0.1, 0.15) is 12.8 Å². The summed E-state index contributed by atoms with van der Waals surface area (Å²) in [5, 5.41) is 7.35. The number of hydrogen-bond donors (Lipinski definition) is 2. The van der Waals surface area contributed by atoms with Gasteiger partial charge in [-0.05, 0) is 12.8 Å². The van der Waals surface area contributed by atoms with Gasteiger partial charge in [-0.1, -0.05) is 0 Å². The van der Waals surface area contributed by atoms with E-state index in [2.05, 4.69) is 5.32 Å². The number of likely N-dealkylation sites (N-methyl/N-ethyl adjacent to an activating group) is 1. The zero-order chi connectivity index (χ0) is 10.1. The monoisotopic (exact) mass is 207 g/mol. The van der Waals surface area contributed by atoms with Crippen LogP contribution in [0, 0.1) is 0 Å². The van der Waals surface area contributed by atoms with Crippen molar-refractivity contribution < 1.29 is 13.2 Å². The molecule has 0 bridgehead atoms. The molecule has 0 radical (unpaired) electrons. The van der Waals surface area contributed by atoms with Crippen molar-refractivity contribution in [3.05, 3.63) is 0 Å². The third-order valence-corrected chi connectivity index (χ3v) is 3.17. The second-order valence-corrected chi connectivity index (χ2v) is 4.43. The standard InChI is InChI=1S/C6H13N3O3S/c1-8-6(10)5-3-2-4-9(5)13(7,11)12/h5H,2-4H2,1H3,(H,8,10)(H2,7,11,12). The van der Waals surface area contributed by atoms with Crippen molar-refractivity contribution in [2.45, 2.75) is 18.9 Å². The van der Waals surface area contributed by atoms with Gasteiger partial charge in [-0.3, -0.25) is 4.79 Å². The van der Waals surface area contributed by atoms with Crippen LogP contribution in [0.15, 0.2) is 0 Å². The summed E-state index contributed by atoms with van der Waals surface area (Å²) in [6.07, 6.45) is 1.21. The van der Waals surface area contributed by atoms with E-state index in [0.29, 0.717) is 19.4 Å². The van der Waals surface area contributed by atoms with Crippen LogP contribution in [0.5, 0.6) is 0 Å². The first-order valence-corrected chi connectivity index (χ1v) is 5.48. The molecule has 1 saturated heterocycles. The smallest absolute Gasteiger partial charge is 0.277 e. The molecule has 1 fully saturated rings. The Kier molecular flexibility index (Phi) is 2.89. The molecule has 0 aromatic rings. The molecule has 1 unspecified atom stereocenters. The van der Waals surface area contributed by atoms with Crippen molar-refractivity contribution in [1.29, 1.82) is 0 Å². The van der Waals surface area contributed by atoms with Crippen LogP contribution in [-0.2, 0) is 15.0 Å². The lowest BCUT2D eigenvalue weighted by Crippen LogP contribution is -2.47. The molecule has 1 rings (SSSR count). The molecule has 0 spiro atoms. The maximum atomic E-state index is 11.2. The molecule has 1 aliphatic heterocycles. The molecule has 6 nitrogen and oxygen atoms in total. The summed E-state index contributed by atoms with van der Waals surface area (Å²) < 4.78 is 23.0. The van der Waals surface area contributed by atoms with Crippen LogP contribution >= 0.6 is 0 Å². The summed E-state index contributed by atoms with van der Waals surface area (Å²) in [6.45, 7) is 0.330. The zero-order valence-electron chi connectivity index (χ0n) is 7.36. The van der Waals surface area contributed by atoms with Crippen LogP contribution in [0.25, 0.3) is 0 Å². The first kappa shape index (κ1) is 10.4. The number of rotatable bonds is 2. The zero-order valence-corrected chi connectivity index (χ0v) is 8.17. The van der Waals surface area contributed by atoms with Crippen molar-refractivity contribution in [1.82, 2.24) is 9.62 Å². The van der Waals surface area contributed by atoms with Gasteiger partial charge < -0.3 is 5.32 Å². The molecule has 0 saturated carbocycles. The van der Waals surface area contributed by atoms with Crippen molar-refractivity contribution in [2.24, 2.45) is 5.14 Å². The Balaban J connectivity index is 2.82. The van der Waals surface area contributed by atoms with Crippen LogP contribution in [-0.4, -0.2) is 38.3 Å². The minimum Gasteiger partial charge on any atom is -0.358 e. The van der Waals surface area contributed by atoms with Crippen LogP contribution in [0.4, 0.5) is 0 Å². The molecule has 0 aliphatic carbocycles. The molecule has 1 heterocycles. The maximum Gasteiger partial charge on any atom is 0.277 e. The number of carbonyl (C=O) groups is 1. The van der Waals surface area contributed by atoms with E-state index in [9.17, 15) is 13.2 Å². The fourth-order valence-corrected chi connectivity index (χ4v) is 2.41. The lowest BCUT2D eigenvalue weighted by Gasteiger charge is -2.19. The SMILES string of the molecule is CNC(=O)C1CCCN1S(N)(=O)=O. The third kappa shape index (κ3) is 2.17. The molecule has 1 aliphatic rings. The van der Waals surface area contributed by atoms with E-state index >= 15 is 0 Å². The van der Waals surface area contributed by atoms with E-state index in [1.54, 1.807) is 0 Å². The van der Waals surface area contributed by atoms with Gasteiger partial charge in [-0.2, -0.15) is 12.7 Å². The van der Waals surface area contributed by atoms with E-state index in [1.807, 2.05) is 0 Å². The molecule has 7 heteroatoms. The van der Waals surface area contributed by atoms with Gasteiger partial charge in [0.15, 0.2) is 0 Å². The highest BCUT2D eigenvalue weighted by Crippen LogP contribution is 2.18. The Labute approximate surface area is 77.3 Å². The van der Waals surface area contributed by atoms with E-state index in [0.717, 1.165) is 4.31 Å². The molecule has 1 amide bonds. The first-order chi connectivity index (χ1) is 5.96. The second kappa shape index (κ2) is 3.60. The highest BCUT2D eigenvalue weighted by Gasteiger charge is 2.36. The Morgan fingerprint density at radius 1 is 1.62 bits per heavy atom. The average molecular weight is 207 g/mol. The lowest BCUT2D eigenvalue weighted by molar-refractivity contribution is -0.123. The molecule has 1 atom stereocenters. The van der Waals surface area contributed by atoms with Gasteiger partial charge in [-0.15, -0.1) is 0 Å². The normalized spacial score (nSPS) is 24.6. The Morgan fingerprint density at radius 2 is 2.23 bits per heavy atom. The van der Waals surface area contributed by atoms with Crippen LogP contribution in [0.2, 0.25) is 0 Å². The minimum absolute atomic E-state index is 0.300. The molecule has 0 aromatic heterocycles. The maximum absolute atomic E-state index is 11.2. The molecular weight excluding hydrogens is 194 g/mol. The molecule has 13 heavy (non-hydrogen) atoms. The first-order valence-electron chi connectivity index (χ1n) is 3.98. The van der Waals surface area contributed by atoms with E-state index in [4.69, 9.17) is 5.14 Å². The summed E-state index contributed by atoms with van der Waals surface area (Å²) in [4.78, 5) is 11.2. The number of carbonyl (C=O) groups excluding carboxylic acids is 1. The van der Waals surface area contributed by atoms with Crippen molar-refractivity contribution in [2.75, 3.05) is 13.6 Å². The number of nitrogens with two attached hydrogens (primary N) is 1. The van der Waals surface area contributed by atoms with E-state index < -0.39 is 16.3 Å². The number of nitrogens with zero attached hydrogens (tertiary/aromatic N) is 1. The van der Waals surface area contributed by atoms with Crippen LogP contribution in [0.3, 0.4) is 0 Å². The molecule has 3 N–H and O–H groups in total.